The molecule has 6 heterocycles. The van der Waals surface area contributed by atoms with Gasteiger partial charge in [-0.05, 0) is 164 Å². The van der Waals surface area contributed by atoms with Crippen molar-refractivity contribution >= 4 is 118 Å². The van der Waals surface area contributed by atoms with Gasteiger partial charge in [0, 0.05) is 92.8 Å². The summed E-state index contributed by atoms with van der Waals surface area (Å²) in [4.78, 5) is 201. The van der Waals surface area contributed by atoms with Crippen molar-refractivity contribution in [2.24, 2.45) is 10.9 Å². The standard InChI is InChI=1S/C79H95N13O23S/c1-42(35-45-13-5-4-6-14-45)40-82-115-49-39-60(72(107)86-55(26-29-65(99)100)69(104)85-54(68(80)103)25-28-64(97)98)92(41-49)76(111)59-15-8-10-32-91(59)74(109)43(2)83-73(108)67(44(3)93)88-71(106)58-17-12-34-90(58)75(110)56(27-30-66(101)102)87-70(105)57-16-11-33-89(57)63(96)18-7-9-31-81-78(116)84-46-19-22-50-53(36-46)79(114-77(50)112)51-23-20-47(94)37-61(51)113-62-38-48(95)21-24-52(62)79/h4-6,13-14,19-24,35-38,40,43-44,49,54-60,67,93-95H,7-12,15-18,25-34,39,41H2,1-3H3,(H2,80,103)(H,83,108)(H,85,104)(H,86,107)(H,87,105)(H,88,106)(H,97,98)(H,99,100)(H,101,102)(H2,81,84,116)/b42-35+,82-40-/t43-,44+,49+,54-,55-,56-,57-,58-,59?,60-,67-/m0/s1. The summed E-state index contributed by atoms with van der Waals surface area (Å²) in [7, 11) is 0. The number of nitrogens with zero attached hydrogens (tertiary/aromatic N) is 5. The van der Waals surface area contributed by atoms with Crippen molar-refractivity contribution in [3.63, 3.8) is 0 Å². The zero-order valence-electron chi connectivity index (χ0n) is 64.0. The number of carbonyl (C=O) groups is 14. The van der Waals surface area contributed by atoms with E-state index in [1.54, 1.807) is 37.3 Å². The number of carboxylic acid groups (broad SMARTS) is 3. The monoisotopic (exact) mass is 1630 g/mol. The van der Waals surface area contributed by atoms with E-state index in [0.717, 1.165) is 15.4 Å². The van der Waals surface area contributed by atoms with Crippen LogP contribution in [0.1, 0.15) is 163 Å². The predicted molar refractivity (Wildman–Crippen MR) is 415 cm³/mol. The first-order valence-electron chi connectivity index (χ1n) is 38.4. The third kappa shape index (κ3) is 21.0. The minimum atomic E-state index is -1.77. The number of ether oxygens (including phenoxy) is 2. The fraction of sp³-hybridized carbons (Fsp3) is 0.468. The van der Waals surface area contributed by atoms with Crippen LogP contribution in [0.4, 0.5) is 5.69 Å². The van der Waals surface area contributed by atoms with Gasteiger partial charge in [0.1, 0.15) is 83.5 Å². The Morgan fingerprint density at radius 2 is 1.21 bits per heavy atom. The van der Waals surface area contributed by atoms with Crippen molar-refractivity contribution in [3.05, 3.63) is 118 Å². The molecule has 4 aromatic carbocycles. The Kier molecular flexibility index (Phi) is 28.7. The Bertz CT molecular complexity index is 4470. The highest BCUT2D eigenvalue weighted by Crippen LogP contribution is 2.57. The molecule has 10 rings (SSSR count). The maximum atomic E-state index is 15.1. The van der Waals surface area contributed by atoms with Crippen molar-refractivity contribution in [2.75, 3.05) is 38.0 Å². The minimum absolute atomic E-state index is 0.0218. The van der Waals surface area contributed by atoms with Gasteiger partial charge < -0.3 is 108 Å². The minimum Gasteiger partial charge on any atom is -0.508 e. The molecule has 15 N–H and O–H groups in total. The van der Waals surface area contributed by atoms with Gasteiger partial charge in [0.2, 0.25) is 59.1 Å². The fourth-order valence-corrected chi connectivity index (χ4v) is 15.5. The number of fused-ring (bicyclic) bond motifs is 6. The summed E-state index contributed by atoms with van der Waals surface area (Å²) in [6, 6.07) is 10.0. The molecule has 4 fully saturated rings. The molecule has 0 radical (unpaired) electrons. The van der Waals surface area contributed by atoms with Crippen LogP contribution in [0.25, 0.3) is 6.08 Å². The zero-order chi connectivity index (χ0) is 83.8. The van der Waals surface area contributed by atoms with Crippen LogP contribution in [0.2, 0.25) is 0 Å². The average molecular weight is 1630 g/mol. The number of piperidine rings is 1. The van der Waals surface area contributed by atoms with E-state index < -0.39 is 188 Å². The molecule has 1 spiro atoms. The van der Waals surface area contributed by atoms with Gasteiger partial charge in [-0.2, -0.15) is 0 Å². The number of likely N-dealkylation sites (tertiary alicyclic amines) is 4. The Labute approximate surface area is 671 Å². The van der Waals surface area contributed by atoms with Gasteiger partial charge in [-0.3, -0.25) is 62.3 Å². The number of primary amides is 1. The number of oxime groups is 1. The molecular weight excluding hydrogens is 1530 g/mol. The number of esters is 1. The van der Waals surface area contributed by atoms with Crippen LogP contribution < -0.4 is 47.7 Å². The van der Waals surface area contributed by atoms with Gasteiger partial charge in [0.15, 0.2) is 10.7 Å². The van der Waals surface area contributed by atoms with Crippen molar-refractivity contribution in [1.82, 2.24) is 51.5 Å². The molecule has 4 aromatic rings. The van der Waals surface area contributed by atoms with E-state index >= 15 is 4.79 Å². The molecule has 10 amide bonds. The summed E-state index contributed by atoms with van der Waals surface area (Å²) in [6.07, 6.45) is -0.252. The number of anilines is 1. The Morgan fingerprint density at radius 3 is 1.84 bits per heavy atom. The predicted octanol–water partition coefficient (Wildman–Crippen LogP) is 2.47. The third-order valence-electron chi connectivity index (χ3n) is 21.1. The number of carboxylic acids is 3. The zero-order valence-corrected chi connectivity index (χ0v) is 64.8. The summed E-state index contributed by atoms with van der Waals surface area (Å²) in [5.74, 6) is -13.0. The molecule has 0 aliphatic carbocycles. The second-order valence-electron chi connectivity index (χ2n) is 29.5. The molecule has 1 unspecified atom stereocenters. The quantitative estimate of drug-likeness (QED) is 0.0105. The van der Waals surface area contributed by atoms with Crippen molar-refractivity contribution in [2.45, 2.75) is 202 Å². The number of thiocarbonyl (C=S) groups is 1. The molecule has 36 nitrogen and oxygen atoms in total. The van der Waals surface area contributed by atoms with Crippen LogP contribution in [-0.4, -0.2) is 244 Å². The van der Waals surface area contributed by atoms with E-state index in [1.807, 2.05) is 36.4 Å². The normalized spacial score (nSPS) is 20.1. The van der Waals surface area contributed by atoms with Gasteiger partial charge in [0.25, 0.3) is 0 Å². The molecule has 0 bridgehead atoms. The lowest BCUT2D eigenvalue weighted by molar-refractivity contribution is -0.151. The number of rotatable bonds is 34. The fourth-order valence-electron chi connectivity index (χ4n) is 15.3. The number of carbonyl (C=O) groups excluding carboxylic acids is 11. The smallest absolute Gasteiger partial charge is 0.340 e. The highest BCUT2D eigenvalue weighted by molar-refractivity contribution is 7.80. The summed E-state index contributed by atoms with van der Waals surface area (Å²) >= 11 is 5.64. The number of phenols is 2. The summed E-state index contributed by atoms with van der Waals surface area (Å²) < 4.78 is 12.2. The number of aliphatic carboxylic acids is 3. The van der Waals surface area contributed by atoms with Crippen LogP contribution in [0.5, 0.6) is 23.0 Å². The molecule has 6 aliphatic heterocycles. The van der Waals surface area contributed by atoms with E-state index in [-0.39, 0.29) is 104 Å². The van der Waals surface area contributed by atoms with Crippen molar-refractivity contribution < 1.29 is 112 Å². The number of aliphatic hydroxyl groups excluding tert-OH is 1. The molecule has 37 heteroatoms. The molecule has 620 valence electrons. The van der Waals surface area contributed by atoms with Crippen LogP contribution in [-0.2, 0) is 77.5 Å². The third-order valence-corrected chi connectivity index (χ3v) is 21.3. The van der Waals surface area contributed by atoms with Crippen molar-refractivity contribution in [1.29, 1.82) is 0 Å². The number of nitrogens with two attached hydrogens (primary N) is 1. The van der Waals surface area contributed by atoms with E-state index in [0.29, 0.717) is 66.6 Å². The van der Waals surface area contributed by atoms with Crippen LogP contribution >= 0.6 is 12.2 Å². The summed E-state index contributed by atoms with van der Waals surface area (Å²) in [5, 5.41) is 83.4. The number of hydrogen-bond donors (Lipinski definition) is 14. The Balaban J connectivity index is 0.736. The highest BCUT2D eigenvalue weighted by atomic mass is 32.1. The second-order valence-corrected chi connectivity index (χ2v) is 29.9. The second kappa shape index (κ2) is 38.7. The number of phenolic OH excluding ortho intramolecular Hbond substituents is 2. The maximum absolute atomic E-state index is 15.1. The average Bonchev–Trinajstić information content (AvgIpc) is 1.49. The number of aromatic hydroxyl groups is 2. The number of hydrogen-bond acceptors (Lipinski definition) is 22. The molecule has 0 saturated carbocycles. The van der Waals surface area contributed by atoms with Crippen LogP contribution in [0.15, 0.2) is 95.7 Å². The first-order valence-corrected chi connectivity index (χ1v) is 38.8. The van der Waals surface area contributed by atoms with E-state index in [2.05, 4.69) is 42.4 Å². The number of unbranched alkanes of at least 4 members (excludes halogenated alkanes) is 1. The van der Waals surface area contributed by atoms with Gasteiger partial charge in [-0.15, -0.1) is 0 Å². The summed E-state index contributed by atoms with van der Waals surface area (Å²) in [6.45, 7) is 4.41. The Hall–Kier alpha value is -12.3. The van der Waals surface area contributed by atoms with Gasteiger partial charge in [0.05, 0.1) is 24.4 Å². The first kappa shape index (κ1) is 86.1. The molecule has 11 atom stereocenters. The number of aliphatic hydroxyl groups is 1. The van der Waals surface area contributed by atoms with Crippen LogP contribution in [0.3, 0.4) is 0 Å². The van der Waals surface area contributed by atoms with Gasteiger partial charge in [-0.25, -0.2) is 4.79 Å². The lowest BCUT2D eigenvalue weighted by Crippen LogP contribution is -2.62. The maximum Gasteiger partial charge on any atom is 0.340 e. The SMILES string of the molecule is CC(/C=N\O[C@@H]1C[C@@H](C(=O)N[C@@H](CCC(=O)O)C(=O)N[C@@H](CCC(=O)O)C(N)=O)N(C(=O)C2CCCCN2C(=O)[C@H](C)NC(=O)[C@@H](NC(=O)[C@@H]2CCCN2C(=O)[C@H](CCC(=O)O)NC(=O)[C@@H]2CCCN2C(=O)CCCCNC(=S)Nc2ccc3c(c2)C2(OC3=O)c3ccc(O)cc3Oc3cc(O)ccc32)[C@@H](C)O)C1)=C\c1ccccc1. The Morgan fingerprint density at radius 1 is 0.629 bits per heavy atom. The van der Waals surface area contributed by atoms with Crippen molar-refractivity contribution in [3.8, 4) is 23.0 Å². The molecule has 6 aliphatic rings. The first-order chi connectivity index (χ1) is 55.3. The summed E-state index contributed by atoms with van der Waals surface area (Å²) in [5.41, 5.74) is 7.54. The number of allylic oxidation sites excluding steroid dienone is 1. The lowest BCUT2D eigenvalue weighted by Gasteiger charge is -2.39. The van der Waals surface area contributed by atoms with Crippen LogP contribution in [0, 0.1) is 0 Å². The number of amides is 10. The molecule has 116 heavy (non-hydrogen) atoms. The van der Waals surface area contributed by atoms with E-state index in [1.165, 1.54) is 54.1 Å². The van der Waals surface area contributed by atoms with E-state index in [4.69, 9.17) is 32.3 Å². The number of nitrogens with one attached hydrogen (secondary N) is 7. The lowest BCUT2D eigenvalue weighted by atomic mass is 9.77. The van der Waals surface area contributed by atoms with E-state index in [9.17, 15) is 93.0 Å². The number of benzene rings is 4. The highest BCUT2D eigenvalue weighted by Gasteiger charge is 2.55. The molecule has 0 aromatic heterocycles. The largest absolute Gasteiger partial charge is 0.508 e. The topological polar surface area (TPSA) is 524 Å². The van der Waals surface area contributed by atoms with Gasteiger partial charge in [-0.1, -0.05) is 41.6 Å². The molecule has 4 saturated heterocycles. The molecular formula is C79H95N13O23S. The van der Waals surface area contributed by atoms with Gasteiger partial charge >= 0.3 is 23.9 Å².